The standard InChI is InChI=1S/C15H22BrN3O2S/c1-18(2)13-5-6-14(16)15(9-13)22(20,21)19-8-7-11-3-4-12(10-19)17-11/h5-6,9,11-12,17H,3-4,7-8,10H2,1-2H3. The van der Waals surface area contributed by atoms with Crippen LogP contribution < -0.4 is 10.2 Å². The summed E-state index contributed by atoms with van der Waals surface area (Å²) in [6, 6.07) is 6.23. The number of fused-ring (bicyclic) bond motifs is 2. The third kappa shape index (κ3) is 3.04. The molecular weight excluding hydrogens is 366 g/mol. The molecule has 0 radical (unpaired) electrons. The van der Waals surface area contributed by atoms with E-state index >= 15 is 0 Å². The summed E-state index contributed by atoms with van der Waals surface area (Å²) in [7, 11) is 0.348. The molecule has 1 N–H and O–H groups in total. The highest BCUT2D eigenvalue weighted by atomic mass is 79.9. The van der Waals surface area contributed by atoms with Crippen molar-refractivity contribution in [2.45, 2.75) is 36.2 Å². The lowest BCUT2D eigenvalue weighted by molar-refractivity contribution is 0.383. The first-order valence-corrected chi connectivity index (χ1v) is 9.84. The summed E-state index contributed by atoms with van der Waals surface area (Å²) < 4.78 is 28.4. The first-order chi connectivity index (χ1) is 10.4. The van der Waals surface area contributed by atoms with Crippen LogP contribution in [0, 0.1) is 0 Å². The Labute approximate surface area is 140 Å². The molecule has 22 heavy (non-hydrogen) atoms. The van der Waals surface area contributed by atoms with Crippen LogP contribution in [0.1, 0.15) is 19.3 Å². The smallest absolute Gasteiger partial charge is 0.244 e. The molecule has 2 saturated heterocycles. The second kappa shape index (κ2) is 6.11. The number of nitrogens with zero attached hydrogens (tertiary/aromatic N) is 2. The highest BCUT2D eigenvalue weighted by Gasteiger charge is 2.35. The van der Waals surface area contributed by atoms with Gasteiger partial charge >= 0.3 is 0 Å². The fraction of sp³-hybridized carbons (Fsp3) is 0.600. The van der Waals surface area contributed by atoms with Crippen LogP contribution in [0.25, 0.3) is 0 Å². The zero-order valence-corrected chi connectivity index (χ0v) is 15.3. The van der Waals surface area contributed by atoms with Crippen molar-refractivity contribution in [3.8, 4) is 0 Å². The molecule has 5 nitrogen and oxygen atoms in total. The number of anilines is 1. The molecule has 7 heteroatoms. The van der Waals surface area contributed by atoms with Crippen LogP contribution in [-0.4, -0.2) is 52.0 Å². The number of halogens is 1. The van der Waals surface area contributed by atoms with Crippen molar-refractivity contribution < 1.29 is 8.42 Å². The van der Waals surface area contributed by atoms with Crippen LogP contribution in [0.5, 0.6) is 0 Å². The molecule has 3 rings (SSSR count). The molecule has 2 aliphatic heterocycles. The molecule has 2 aliphatic rings. The van der Waals surface area contributed by atoms with Crippen LogP contribution in [0.2, 0.25) is 0 Å². The largest absolute Gasteiger partial charge is 0.378 e. The number of benzene rings is 1. The van der Waals surface area contributed by atoms with Gasteiger partial charge in [0.15, 0.2) is 0 Å². The highest BCUT2D eigenvalue weighted by Crippen LogP contribution is 2.31. The van der Waals surface area contributed by atoms with E-state index in [1.54, 1.807) is 10.4 Å². The molecule has 2 fully saturated rings. The van der Waals surface area contributed by atoms with Gasteiger partial charge in [-0.25, -0.2) is 8.42 Å². The second-order valence-electron chi connectivity index (χ2n) is 6.30. The van der Waals surface area contributed by atoms with E-state index in [0.717, 1.165) is 18.5 Å². The first-order valence-electron chi connectivity index (χ1n) is 7.61. The summed E-state index contributed by atoms with van der Waals surface area (Å²) in [5.74, 6) is 0. The molecule has 0 saturated carbocycles. The van der Waals surface area contributed by atoms with E-state index in [2.05, 4.69) is 21.2 Å². The number of sulfonamides is 1. The van der Waals surface area contributed by atoms with Gasteiger partial charge in [-0.2, -0.15) is 4.31 Å². The van der Waals surface area contributed by atoms with Crippen molar-refractivity contribution in [3.63, 3.8) is 0 Å². The first kappa shape index (κ1) is 16.2. The third-order valence-electron chi connectivity index (χ3n) is 4.53. The molecule has 0 aliphatic carbocycles. The molecule has 0 spiro atoms. The van der Waals surface area contributed by atoms with Crippen molar-refractivity contribution in [1.29, 1.82) is 0 Å². The van der Waals surface area contributed by atoms with E-state index in [-0.39, 0.29) is 6.04 Å². The van der Waals surface area contributed by atoms with Crippen LogP contribution in [0.4, 0.5) is 5.69 Å². The van der Waals surface area contributed by atoms with E-state index in [0.29, 0.717) is 28.5 Å². The minimum absolute atomic E-state index is 0.290. The quantitative estimate of drug-likeness (QED) is 0.861. The molecule has 1 aromatic carbocycles. The number of nitrogens with one attached hydrogen (secondary N) is 1. The van der Waals surface area contributed by atoms with Crippen LogP contribution in [0.3, 0.4) is 0 Å². The van der Waals surface area contributed by atoms with Gasteiger partial charge < -0.3 is 10.2 Å². The Kier molecular flexibility index (Phi) is 4.51. The molecule has 2 bridgehead atoms. The SMILES string of the molecule is CN(C)c1ccc(Br)c(S(=O)(=O)N2CCC3CCC(C2)N3)c1. The van der Waals surface area contributed by atoms with Crippen molar-refractivity contribution in [1.82, 2.24) is 9.62 Å². The monoisotopic (exact) mass is 387 g/mol. The normalized spacial score (nSPS) is 26.0. The van der Waals surface area contributed by atoms with Crippen molar-refractivity contribution in [2.75, 3.05) is 32.1 Å². The lowest BCUT2D eigenvalue weighted by Gasteiger charge is -2.25. The fourth-order valence-electron chi connectivity index (χ4n) is 3.24. The summed E-state index contributed by atoms with van der Waals surface area (Å²) in [6.45, 7) is 1.16. The molecule has 2 unspecified atom stereocenters. The summed E-state index contributed by atoms with van der Waals surface area (Å²) in [5.41, 5.74) is 0.885. The van der Waals surface area contributed by atoms with E-state index in [4.69, 9.17) is 0 Å². The van der Waals surface area contributed by atoms with Crippen molar-refractivity contribution in [3.05, 3.63) is 22.7 Å². The highest BCUT2D eigenvalue weighted by molar-refractivity contribution is 9.10. The summed E-state index contributed by atoms with van der Waals surface area (Å²) in [4.78, 5) is 2.27. The Morgan fingerprint density at radius 3 is 2.68 bits per heavy atom. The zero-order valence-electron chi connectivity index (χ0n) is 12.9. The van der Waals surface area contributed by atoms with E-state index in [1.807, 2.05) is 31.1 Å². The van der Waals surface area contributed by atoms with E-state index in [1.165, 1.54) is 6.42 Å². The minimum atomic E-state index is -3.47. The minimum Gasteiger partial charge on any atom is -0.378 e. The maximum absolute atomic E-state index is 13.1. The molecular formula is C15H22BrN3O2S. The van der Waals surface area contributed by atoms with Crippen molar-refractivity contribution >= 4 is 31.6 Å². The van der Waals surface area contributed by atoms with Gasteiger partial charge in [0, 0.05) is 49.4 Å². The maximum atomic E-state index is 13.1. The van der Waals surface area contributed by atoms with Gasteiger partial charge in [-0.1, -0.05) is 0 Å². The van der Waals surface area contributed by atoms with Crippen LogP contribution >= 0.6 is 15.9 Å². The number of hydrogen-bond donors (Lipinski definition) is 1. The average Bonchev–Trinajstić information content (AvgIpc) is 2.77. The van der Waals surface area contributed by atoms with Gasteiger partial charge in [-0.3, -0.25) is 0 Å². The predicted molar refractivity (Wildman–Crippen MR) is 91.8 cm³/mol. The summed E-state index contributed by atoms with van der Waals surface area (Å²) in [6.07, 6.45) is 3.12. The number of rotatable bonds is 3. The number of hydrogen-bond acceptors (Lipinski definition) is 4. The van der Waals surface area contributed by atoms with Crippen LogP contribution in [-0.2, 0) is 10.0 Å². The fourth-order valence-corrected chi connectivity index (χ4v) is 5.68. The van der Waals surface area contributed by atoms with Gasteiger partial charge in [0.2, 0.25) is 10.0 Å². The summed E-state index contributed by atoms with van der Waals surface area (Å²) in [5, 5.41) is 3.52. The Morgan fingerprint density at radius 2 is 1.95 bits per heavy atom. The van der Waals surface area contributed by atoms with Gasteiger partial charge in [0.05, 0.1) is 4.90 Å². The second-order valence-corrected chi connectivity index (χ2v) is 9.06. The molecule has 2 heterocycles. The van der Waals surface area contributed by atoms with E-state index in [9.17, 15) is 8.42 Å². The molecule has 1 aromatic rings. The molecule has 122 valence electrons. The lowest BCUT2D eigenvalue weighted by atomic mass is 10.1. The van der Waals surface area contributed by atoms with Crippen molar-refractivity contribution in [2.24, 2.45) is 0 Å². The van der Waals surface area contributed by atoms with Gasteiger partial charge in [-0.15, -0.1) is 0 Å². The topological polar surface area (TPSA) is 52.7 Å². The Balaban J connectivity index is 1.94. The maximum Gasteiger partial charge on any atom is 0.244 e. The van der Waals surface area contributed by atoms with Gasteiger partial charge in [-0.05, 0) is 53.4 Å². The Morgan fingerprint density at radius 1 is 1.23 bits per heavy atom. The predicted octanol–water partition coefficient (Wildman–Crippen LogP) is 2.03. The Hall–Kier alpha value is -0.630. The third-order valence-corrected chi connectivity index (χ3v) is 7.39. The lowest BCUT2D eigenvalue weighted by Crippen LogP contribution is -2.39. The Bertz CT molecular complexity index is 663. The van der Waals surface area contributed by atoms with Crippen LogP contribution in [0.15, 0.2) is 27.6 Å². The molecule has 0 aromatic heterocycles. The van der Waals surface area contributed by atoms with E-state index < -0.39 is 10.0 Å². The van der Waals surface area contributed by atoms with Gasteiger partial charge in [0.25, 0.3) is 0 Å². The zero-order chi connectivity index (χ0) is 15.9. The molecule has 2 atom stereocenters. The molecule has 0 amide bonds. The summed E-state index contributed by atoms with van der Waals surface area (Å²) >= 11 is 3.40. The van der Waals surface area contributed by atoms with Gasteiger partial charge in [0.1, 0.15) is 0 Å². The average molecular weight is 388 g/mol.